The highest BCUT2D eigenvalue weighted by Crippen LogP contribution is 2.46. The molecule has 0 amide bonds. The first kappa shape index (κ1) is 27.5. The molecule has 1 atom stereocenters. The van der Waals surface area contributed by atoms with Gasteiger partial charge in [-0.05, 0) is 64.1 Å². The van der Waals surface area contributed by atoms with Crippen LogP contribution in [-0.2, 0) is 0 Å². The summed E-state index contributed by atoms with van der Waals surface area (Å²) in [4.78, 5) is 28.0. The van der Waals surface area contributed by atoms with E-state index in [0.29, 0.717) is 17.5 Å². The number of Topliss-reactive ketones (excluding diaryl/α,β-unsaturated/α-hetero) is 1. The van der Waals surface area contributed by atoms with Gasteiger partial charge in [-0.3, -0.25) is 9.59 Å². The number of carbonyl (C=O) groups excluding carboxylic acids is 2. The Kier molecular flexibility index (Phi) is 7.12. The smallest absolute Gasteiger partial charge is 0.193 e. The standard InChI is InChI=1S/C42H32O2/c1-27-21-23-35(41(43)29-13-5-3-6-14-29)37(25-27)39-31-17-9-11-19-33(31)40(34-20-12-10-18-32(34)39)38-26-28(2)22-24-36(38)42(44)30-15-7-4-8-16-30/h3-15,17-26,30H,16H2,1-2H3. The van der Waals surface area contributed by atoms with Crippen molar-refractivity contribution in [1.82, 2.24) is 0 Å². The SMILES string of the molecule is Cc1ccc(C(=O)c2ccccc2)c(-c2c3ccccc3c(-c3cc(C)ccc3C(=O)C3C=CC=CC3)c3ccccc23)c1. The number of allylic oxidation sites excluding steroid dienone is 4. The molecule has 2 heteroatoms. The second-order valence-corrected chi connectivity index (χ2v) is 11.7. The lowest BCUT2D eigenvalue weighted by Crippen LogP contribution is -2.14. The van der Waals surface area contributed by atoms with Crippen LogP contribution in [0.2, 0.25) is 0 Å². The van der Waals surface area contributed by atoms with E-state index in [1.165, 1.54) is 0 Å². The van der Waals surface area contributed by atoms with Crippen molar-refractivity contribution in [3.63, 3.8) is 0 Å². The molecule has 0 aromatic heterocycles. The van der Waals surface area contributed by atoms with Crippen molar-refractivity contribution in [1.29, 1.82) is 0 Å². The second kappa shape index (κ2) is 11.4. The molecule has 0 aliphatic heterocycles. The van der Waals surface area contributed by atoms with Crippen LogP contribution in [0.15, 0.2) is 140 Å². The zero-order valence-electron chi connectivity index (χ0n) is 24.9. The summed E-state index contributed by atoms with van der Waals surface area (Å²) < 4.78 is 0. The van der Waals surface area contributed by atoms with Gasteiger partial charge in [0.2, 0.25) is 0 Å². The molecule has 0 saturated carbocycles. The van der Waals surface area contributed by atoms with Crippen molar-refractivity contribution in [2.24, 2.45) is 5.92 Å². The van der Waals surface area contributed by atoms with Gasteiger partial charge in [0.25, 0.3) is 0 Å². The Hall–Kier alpha value is -5.34. The molecule has 1 unspecified atom stereocenters. The van der Waals surface area contributed by atoms with Crippen LogP contribution in [0.3, 0.4) is 0 Å². The minimum absolute atomic E-state index is 0.000933. The Labute approximate surface area is 258 Å². The summed E-state index contributed by atoms with van der Waals surface area (Å²) in [6, 6.07) is 38.6. The van der Waals surface area contributed by atoms with E-state index in [4.69, 9.17) is 0 Å². The molecule has 44 heavy (non-hydrogen) atoms. The molecular weight excluding hydrogens is 536 g/mol. The van der Waals surface area contributed by atoms with Gasteiger partial charge in [-0.15, -0.1) is 0 Å². The van der Waals surface area contributed by atoms with Gasteiger partial charge in [0.15, 0.2) is 11.6 Å². The molecule has 0 saturated heterocycles. The summed E-state index contributed by atoms with van der Waals surface area (Å²) >= 11 is 0. The molecule has 0 heterocycles. The van der Waals surface area contributed by atoms with Crippen molar-refractivity contribution < 1.29 is 9.59 Å². The largest absolute Gasteiger partial charge is 0.293 e. The Morgan fingerprint density at radius 2 is 1.07 bits per heavy atom. The first-order valence-electron chi connectivity index (χ1n) is 15.1. The van der Waals surface area contributed by atoms with Crippen LogP contribution in [0, 0.1) is 19.8 Å². The highest BCUT2D eigenvalue weighted by molar-refractivity contribution is 6.25. The fourth-order valence-electron chi connectivity index (χ4n) is 6.57. The summed E-state index contributed by atoms with van der Waals surface area (Å²) in [5.41, 5.74) is 8.20. The summed E-state index contributed by atoms with van der Waals surface area (Å²) in [7, 11) is 0. The molecule has 1 aliphatic rings. The molecule has 6 aromatic rings. The first-order chi connectivity index (χ1) is 21.5. The van der Waals surface area contributed by atoms with Gasteiger partial charge in [0.05, 0.1) is 0 Å². The number of hydrogen-bond donors (Lipinski definition) is 0. The molecule has 0 N–H and O–H groups in total. The monoisotopic (exact) mass is 568 g/mol. The molecule has 0 fully saturated rings. The lowest BCUT2D eigenvalue weighted by Gasteiger charge is -2.22. The third-order valence-corrected chi connectivity index (χ3v) is 8.68. The number of aryl methyl sites for hydroxylation is 2. The molecule has 2 nitrogen and oxygen atoms in total. The van der Waals surface area contributed by atoms with Gasteiger partial charge in [0.1, 0.15) is 0 Å². The van der Waals surface area contributed by atoms with Crippen LogP contribution in [0.5, 0.6) is 0 Å². The first-order valence-corrected chi connectivity index (χ1v) is 15.1. The molecule has 6 aromatic carbocycles. The van der Waals surface area contributed by atoms with Crippen molar-refractivity contribution in [3.05, 3.63) is 167 Å². The third-order valence-electron chi connectivity index (χ3n) is 8.68. The van der Waals surface area contributed by atoms with Gasteiger partial charge in [-0.25, -0.2) is 0 Å². The van der Waals surface area contributed by atoms with Gasteiger partial charge >= 0.3 is 0 Å². The number of rotatable bonds is 6. The Morgan fingerprint density at radius 3 is 1.59 bits per heavy atom. The van der Waals surface area contributed by atoms with E-state index in [1.54, 1.807) is 0 Å². The molecule has 0 bridgehead atoms. The normalized spacial score (nSPS) is 14.3. The lowest BCUT2D eigenvalue weighted by atomic mass is 9.81. The van der Waals surface area contributed by atoms with E-state index in [1.807, 2.05) is 72.8 Å². The van der Waals surface area contributed by atoms with Crippen molar-refractivity contribution in [3.8, 4) is 22.3 Å². The number of carbonyl (C=O) groups is 2. The average Bonchev–Trinajstić information content (AvgIpc) is 3.07. The zero-order chi connectivity index (χ0) is 30.2. The quantitative estimate of drug-likeness (QED) is 0.148. The topological polar surface area (TPSA) is 34.1 Å². The average molecular weight is 569 g/mol. The van der Waals surface area contributed by atoms with Gasteiger partial charge in [-0.1, -0.05) is 151 Å². The predicted molar refractivity (Wildman–Crippen MR) is 182 cm³/mol. The van der Waals surface area contributed by atoms with Crippen LogP contribution < -0.4 is 0 Å². The Bertz CT molecular complexity index is 2090. The van der Waals surface area contributed by atoms with E-state index in [2.05, 4.69) is 80.6 Å². The van der Waals surface area contributed by atoms with Crippen molar-refractivity contribution in [2.75, 3.05) is 0 Å². The number of hydrogen-bond acceptors (Lipinski definition) is 2. The van der Waals surface area contributed by atoms with E-state index < -0.39 is 0 Å². The summed E-state index contributed by atoms with van der Waals surface area (Å²) in [6.45, 7) is 4.15. The fraction of sp³-hybridized carbons (Fsp3) is 0.0952. The van der Waals surface area contributed by atoms with Crippen LogP contribution in [-0.4, -0.2) is 11.6 Å². The fourth-order valence-corrected chi connectivity index (χ4v) is 6.57. The van der Waals surface area contributed by atoms with Gasteiger partial charge in [0, 0.05) is 22.6 Å². The molecule has 0 spiro atoms. The molecule has 0 radical (unpaired) electrons. The molecular formula is C42H32O2. The maximum atomic E-state index is 14.0. The van der Waals surface area contributed by atoms with E-state index >= 15 is 0 Å². The molecule has 7 rings (SSSR count). The number of benzene rings is 6. The Morgan fingerprint density at radius 1 is 0.568 bits per heavy atom. The van der Waals surface area contributed by atoms with Crippen LogP contribution >= 0.6 is 0 Å². The second-order valence-electron chi connectivity index (χ2n) is 11.7. The summed E-state index contributed by atoms with van der Waals surface area (Å²) in [5.74, 6) is -0.0524. The maximum absolute atomic E-state index is 14.0. The highest BCUT2D eigenvalue weighted by Gasteiger charge is 2.25. The van der Waals surface area contributed by atoms with Crippen molar-refractivity contribution >= 4 is 33.1 Å². The van der Waals surface area contributed by atoms with E-state index in [9.17, 15) is 9.59 Å². The third kappa shape index (κ3) is 4.79. The number of fused-ring (bicyclic) bond motifs is 2. The highest BCUT2D eigenvalue weighted by atomic mass is 16.1. The van der Waals surface area contributed by atoms with Crippen LogP contribution in [0.25, 0.3) is 43.8 Å². The van der Waals surface area contributed by atoms with Gasteiger partial charge < -0.3 is 0 Å². The van der Waals surface area contributed by atoms with Crippen molar-refractivity contribution in [2.45, 2.75) is 20.3 Å². The lowest BCUT2D eigenvalue weighted by molar-refractivity contribution is 0.0945. The minimum Gasteiger partial charge on any atom is -0.293 e. The molecule has 212 valence electrons. The molecule has 1 aliphatic carbocycles. The summed E-state index contributed by atoms with van der Waals surface area (Å²) in [5, 5.41) is 4.21. The predicted octanol–water partition coefficient (Wildman–Crippen LogP) is 10.5. The maximum Gasteiger partial charge on any atom is 0.193 e. The zero-order valence-corrected chi connectivity index (χ0v) is 24.9. The van der Waals surface area contributed by atoms with Gasteiger partial charge in [-0.2, -0.15) is 0 Å². The van der Waals surface area contributed by atoms with E-state index in [-0.39, 0.29) is 17.5 Å². The summed E-state index contributed by atoms with van der Waals surface area (Å²) in [6.07, 6.45) is 8.74. The van der Waals surface area contributed by atoms with Crippen LogP contribution in [0.4, 0.5) is 0 Å². The minimum atomic E-state index is -0.183. The van der Waals surface area contributed by atoms with E-state index in [0.717, 1.165) is 60.5 Å². The Balaban J connectivity index is 1.55. The van der Waals surface area contributed by atoms with Crippen LogP contribution in [0.1, 0.15) is 43.8 Å². The number of ketones is 2.